The van der Waals surface area contributed by atoms with Crippen LogP contribution in [-0.2, 0) is 4.84 Å². The predicted octanol–water partition coefficient (Wildman–Crippen LogP) is 2.70. The number of ether oxygens (including phenoxy) is 1. The van der Waals surface area contributed by atoms with Gasteiger partial charge >= 0.3 is 0 Å². The Labute approximate surface area is 137 Å². The molecular weight excluding hydrogens is 288 g/mol. The van der Waals surface area contributed by atoms with Crippen molar-refractivity contribution < 1.29 is 9.57 Å². The SMILES string of the molecule is COc1cccc(C#C/C(C)=C/CO/N=C2\CN3CCC2C3)c1. The molecule has 2 unspecified atom stereocenters. The molecule has 3 rings (SSSR count). The van der Waals surface area contributed by atoms with Crippen LogP contribution in [0, 0.1) is 17.8 Å². The van der Waals surface area contributed by atoms with Crippen molar-refractivity contribution in [2.24, 2.45) is 11.1 Å². The third-order valence-electron chi connectivity index (χ3n) is 4.25. The van der Waals surface area contributed by atoms with Crippen LogP contribution in [0.15, 0.2) is 41.1 Å². The molecular formula is C19H22N2O2. The van der Waals surface area contributed by atoms with E-state index in [4.69, 9.17) is 9.57 Å². The van der Waals surface area contributed by atoms with Crippen molar-refractivity contribution in [1.29, 1.82) is 0 Å². The number of allylic oxidation sites excluding steroid dienone is 1. The molecule has 2 bridgehead atoms. The van der Waals surface area contributed by atoms with E-state index in [9.17, 15) is 0 Å². The van der Waals surface area contributed by atoms with Gasteiger partial charge in [0.2, 0.25) is 0 Å². The highest BCUT2D eigenvalue weighted by Gasteiger charge is 2.35. The zero-order valence-corrected chi connectivity index (χ0v) is 13.7. The molecule has 2 atom stereocenters. The van der Waals surface area contributed by atoms with Crippen molar-refractivity contribution in [2.45, 2.75) is 13.3 Å². The van der Waals surface area contributed by atoms with E-state index in [1.54, 1.807) is 7.11 Å². The quantitative estimate of drug-likeness (QED) is 0.487. The highest BCUT2D eigenvalue weighted by Crippen LogP contribution is 2.25. The molecule has 0 spiro atoms. The van der Waals surface area contributed by atoms with Crippen LogP contribution in [0.4, 0.5) is 0 Å². The molecule has 0 N–H and O–H groups in total. The number of hydrogen-bond donors (Lipinski definition) is 0. The summed E-state index contributed by atoms with van der Waals surface area (Å²) in [7, 11) is 1.66. The van der Waals surface area contributed by atoms with Crippen molar-refractivity contribution in [3.8, 4) is 17.6 Å². The topological polar surface area (TPSA) is 34.1 Å². The average Bonchev–Trinajstić information content (AvgIpc) is 3.20. The Bertz CT molecular complexity index is 682. The van der Waals surface area contributed by atoms with Gasteiger partial charge in [0, 0.05) is 24.6 Å². The van der Waals surface area contributed by atoms with Crippen molar-refractivity contribution >= 4 is 5.71 Å². The van der Waals surface area contributed by atoms with Crippen molar-refractivity contribution in [3.63, 3.8) is 0 Å². The fourth-order valence-corrected chi connectivity index (χ4v) is 2.91. The number of hydrogen-bond acceptors (Lipinski definition) is 4. The number of nitrogens with zero attached hydrogens (tertiary/aromatic N) is 2. The summed E-state index contributed by atoms with van der Waals surface area (Å²) < 4.78 is 5.19. The molecule has 0 saturated carbocycles. The Morgan fingerprint density at radius 1 is 1.48 bits per heavy atom. The molecule has 0 aromatic heterocycles. The summed E-state index contributed by atoms with van der Waals surface area (Å²) in [4.78, 5) is 7.85. The molecule has 2 heterocycles. The van der Waals surface area contributed by atoms with E-state index in [0.717, 1.165) is 30.0 Å². The molecule has 0 radical (unpaired) electrons. The van der Waals surface area contributed by atoms with Crippen molar-refractivity contribution in [2.75, 3.05) is 33.4 Å². The van der Waals surface area contributed by atoms with E-state index in [-0.39, 0.29) is 0 Å². The fraction of sp³-hybridized carbons (Fsp3) is 0.421. The molecule has 2 aliphatic heterocycles. The van der Waals surface area contributed by atoms with Crippen LogP contribution in [0.25, 0.3) is 0 Å². The molecule has 1 aromatic carbocycles. The number of benzene rings is 1. The van der Waals surface area contributed by atoms with Gasteiger partial charge < -0.3 is 9.57 Å². The van der Waals surface area contributed by atoms with Gasteiger partial charge in [-0.15, -0.1) is 0 Å². The van der Waals surface area contributed by atoms with E-state index in [0.29, 0.717) is 12.5 Å². The van der Waals surface area contributed by atoms with Gasteiger partial charge in [0.05, 0.1) is 12.8 Å². The summed E-state index contributed by atoms with van der Waals surface area (Å²) in [5, 5.41) is 4.28. The second kappa shape index (κ2) is 7.34. The van der Waals surface area contributed by atoms with Crippen molar-refractivity contribution in [1.82, 2.24) is 4.90 Å². The van der Waals surface area contributed by atoms with Crippen molar-refractivity contribution in [3.05, 3.63) is 41.5 Å². The third kappa shape index (κ3) is 4.14. The highest BCUT2D eigenvalue weighted by atomic mass is 16.6. The summed E-state index contributed by atoms with van der Waals surface area (Å²) in [6.07, 6.45) is 3.19. The summed E-state index contributed by atoms with van der Waals surface area (Å²) >= 11 is 0. The van der Waals surface area contributed by atoms with E-state index in [2.05, 4.69) is 21.9 Å². The number of fused-ring (bicyclic) bond motifs is 2. The molecule has 0 amide bonds. The second-order valence-corrected chi connectivity index (χ2v) is 5.97. The first kappa shape index (κ1) is 15.6. The summed E-state index contributed by atoms with van der Waals surface area (Å²) in [6.45, 7) is 5.79. The van der Waals surface area contributed by atoms with Crippen LogP contribution in [0.3, 0.4) is 0 Å². The lowest BCUT2D eigenvalue weighted by molar-refractivity contribution is 0.171. The Morgan fingerprint density at radius 3 is 3.13 bits per heavy atom. The first-order valence-corrected chi connectivity index (χ1v) is 7.98. The minimum Gasteiger partial charge on any atom is -0.497 e. The molecule has 2 aliphatic rings. The molecule has 23 heavy (non-hydrogen) atoms. The van der Waals surface area contributed by atoms with Gasteiger partial charge in [-0.3, -0.25) is 4.90 Å². The Hall–Kier alpha value is -2.25. The number of piperidine rings is 1. The van der Waals surface area contributed by atoms with Crippen LogP contribution in [-0.4, -0.2) is 44.0 Å². The zero-order valence-electron chi connectivity index (χ0n) is 13.7. The first-order valence-electron chi connectivity index (χ1n) is 7.98. The van der Waals surface area contributed by atoms with E-state index in [1.165, 1.54) is 18.7 Å². The maximum Gasteiger partial charge on any atom is 0.136 e. The lowest BCUT2D eigenvalue weighted by atomic mass is 10.0. The third-order valence-corrected chi connectivity index (χ3v) is 4.25. The molecule has 1 aromatic rings. The number of methoxy groups -OCH3 is 1. The fourth-order valence-electron chi connectivity index (χ4n) is 2.91. The number of oxime groups is 1. The maximum atomic E-state index is 5.43. The molecule has 2 saturated heterocycles. The Morgan fingerprint density at radius 2 is 2.39 bits per heavy atom. The van der Waals surface area contributed by atoms with Gasteiger partial charge in [-0.25, -0.2) is 0 Å². The minimum atomic E-state index is 0.467. The highest BCUT2D eigenvalue weighted by molar-refractivity contribution is 5.91. The van der Waals surface area contributed by atoms with E-state index in [1.807, 2.05) is 37.3 Å². The Kier molecular flexibility index (Phi) is 4.99. The molecule has 0 aliphatic carbocycles. The monoisotopic (exact) mass is 310 g/mol. The first-order chi connectivity index (χ1) is 11.2. The molecule has 4 heteroatoms. The second-order valence-electron chi connectivity index (χ2n) is 5.97. The Balaban J connectivity index is 1.50. The smallest absolute Gasteiger partial charge is 0.136 e. The maximum absolute atomic E-state index is 5.43. The van der Waals surface area contributed by atoms with Gasteiger partial charge in [-0.05, 0) is 49.7 Å². The van der Waals surface area contributed by atoms with Crippen LogP contribution >= 0.6 is 0 Å². The zero-order chi connectivity index (χ0) is 16.1. The van der Waals surface area contributed by atoms with Crippen LogP contribution in [0.2, 0.25) is 0 Å². The molecule has 120 valence electrons. The lowest BCUT2D eigenvalue weighted by Gasteiger charge is -2.12. The standard InChI is InChI=1S/C19H22N2O2/c1-15(6-7-16-4-3-5-18(12-16)22-2)9-11-23-20-19-14-21-10-8-17(19)13-21/h3-5,9,12,17H,8,10-11,13-14H2,1-2H3/b15-9+,20-19+. The van der Waals surface area contributed by atoms with Crippen LogP contribution in [0.1, 0.15) is 18.9 Å². The minimum absolute atomic E-state index is 0.467. The average molecular weight is 310 g/mol. The lowest BCUT2D eigenvalue weighted by Crippen LogP contribution is -2.23. The van der Waals surface area contributed by atoms with E-state index >= 15 is 0 Å². The summed E-state index contributed by atoms with van der Waals surface area (Å²) in [5.74, 6) is 7.69. The summed E-state index contributed by atoms with van der Waals surface area (Å²) in [6, 6.07) is 7.74. The van der Waals surface area contributed by atoms with Gasteiger partial charge in [0.1, 0.15) is 12.4 Å². The van der Waals surface area contributed by atoms with Crippen LogP contribution < -0.4 is 4.74 Å². The summed E-state index contributed by atoms with van der Waals surface area (Å²) in [5.41, 5.74) is 3.11. The van der Waals surface area contributed by atoms with Gasteiger partial charge in [0.25, 0.3) is 0 Å². The van der Waals surface area contributed by atoms with E-state index < -0.39 is 0 Å². The van der Waals surface area contributed by atoms with Gasteiger partial charge in [-0.1, -0.05) is 23.1 Å². The molecule has 4 nitrogen and oxygen atoms in total. The predicted molar refractivity (Wildman–Crippen MR) is 91.6 cm³/mol. The van der Waals surface area contributed by atoms with Crippen LogP contribution in [0.5, 0.6) is 5.75 Å². The normalized spacial score (nSPS) is 24.4. The molecule has 2 fully saturated rings. The number of rotatable bonds is 4. The van der Waals surface area contributed by atoms with Gasteiger partial charge in [0.15, 0.2) is 0 Å². The van der Waals surface area contributed by atoms with Gasteiger partial charge in [-0.2, -0.15) is 0 Å². The largest absolute Gasteiger partial charge is 0.497 e.